The van der Waals surface area contributed by atoms with E-state index in [1.807, 2.05) is 0 Å². The Morgan fingerprint density at radius 2 is 2.47 bits per heavy atom. The number of nitrogens with zero attached hydrogens (tertiary/aromatic N) is 1. The number of aromatic nitrogens is 2. The van der Waals surface area contributed by atoms with Crippen LogP contribution in [0.25, 0.3) is 0 Å². The number of H-pyrrole nitrogens is 1. The van der Waals surface area contributed by atoms with Gasteiger partial charge in [0.05, 0.1) is 0 Å². The van der Waals surface area contributed by atoms with Crippen molar-refractivity contribution < 1.29 is 0 Å². The average Bonchev–Trinajstić information content (AvgIpc) is 2.28. The Hall–Kier alpha value is -1.16. The second-order valence-corrected chi connectivity index (χ2v) is 4.13. The lowest BCUT2D eigenvalue weighted by molar-refractivity contribution is 0.356. The molecule has 0 radical (unpaired) electrons. The standard InChI is InChI=1S/C11H17N3O/c15-11-5-7-13-10(14-11)4-3-9-2-1-6-12-8-9/h5,7,9,12H,1-4,6,8H2,(H,13,14,15). The molecular formula is C11H17N3O. The van der Waals surface area contributed by atoms with Crippen LogP contribution in [0.1, 0.15) is 25.1 Å². The fraction of sp³-hybridized carbons (Fsp3) is 0.636. The Morgan fingerprint density at radius 3 is 3.20 bits per heavy atom. The molecule has 2 heterocycles. The molecule has 1 unspecified atom stereocenters. The molecule has 1 aliphatic heterocycles. The predicted molar refractivity (Wildman–Crippen MR) is 58.8 cm³/mol. The molecule has 1 aromatic heterocycles. The van der Waals surface area contributed by atoms with Crippen molar-refractivity contribution in [1.29, 1.82) is 0 Å². The molecule has 4 nitrogen and oxygen atoms in total. The Labute approximate surface area is 89.1 Å². The van der Waals surface area contributed by atoms with Gasteiger partial charge in [0, 0.05) is 18.7 Å². The van der Waals surface area contributed by atoms with Crippen LogP contribution < -0.4 is 10.9 Å². The molecule has 0 spiro atoms. The van der Waals surface area contributed by atoms with Gasteiger partial charge in [-0.25, -0.2) is 4.98 Å². The number of hydrogen-bond donors (Lipinski definition) is 2. The lowest BCUT2D eigenvalue weighted by Gasteiger charge is -2.22. The third-order valence-electron chi connectivity index (χ3n) is 2.91. The van der Waals surface area contributed by atoms with Gasteiger partial charge in [-0.05, 0) is 38.3 Å². The van der Waals surface area contributed by atoms with Gasteiger partial charge in [0.15, 0.2) is 0 Å². The summed E-state index contributed by atoms with van der Waals surface area (Å²) >= 11 is 0. The zero-order valence-electron chi connectivity index (χ0n) is 8.83. The molecule has 0 aromatic carbocycles. The van der Waals surface area contributed by atoms with Crippen LogP contribution in [-0.4, -0.2) is 23.1 Å². The highest BCUT2D eigenvalue weighted by molar-refractivity contribution is 4.90. The van der Waals surface area contributed by atoms with Gasteiger partial charge in [-0.1, -0.05) is 0 Å². The van der Waals surface area contributed by atoms with Crippen LogP contribution in [0.15, 0.2) is 17.1 Å². The van der Waals surface area contributed by atoms with E-state index in [2.05, 4.69) is 15.3 Å². The summed E-state index contributed by atoms with van der Waals surface area (Å²) in [7, 11) is 0. The minimum atomic E-state index is -0.0539. The zero-order valence-corrected chi connectivity index (χ0v) is 8.83. The maximum Gasteiger partial charge on any atom is 0.250 e. The number of hydrogen-bond acceptors (Lipinski definition) is 3. The fourth-order valence-corrected chi connectivity index (χ4v) is 2.05. The van der Waals surface area contributed by atoms with Gasteiger partial charge in [0.25, 0.3) is 5.56 Å². The van der Waals surface area contributed by atoms with Gasteiger partial charge >= 0.3 is 0 Å². The second kappa shape index (κ2) is 5.07. The second-order valence-electron chi connectivity index (χ2n) is 4.13. The number of nitrogens with one attached hydrogen (secondary N) is 2. The first-order valence-electron chi connectivity index (χ1n) is 5.59. The molecule has 15 heavy (non-hydrogen) atoms. The van der Waals surface area contributed by atoms with Crippen molar-refractivity contribution in [1.82, 2.24) is 15.3 Å². The SMILES string of the molecule is O=c1ccnc(CCC2CCCNC2)[nH]1. The largest absolute Gasteiger partial charge is 0.316 e. The van der Waals surface area contributed by atoms with Crippen molar-refractivity contribution in [2.45, 2.75) is 25.7 Å². The summed E-state index contributed by atoms with van der Waals surface area (Å²) in [6.07, 6.45) is 6.13. The first kappa shape index (κ1) is 10.4. The molecule has 0 amide bonds. The summed E-state index contributed by atoms with van der Waals surface area (Å²) in [5.74, 6) is 1.55. The van der Waals surface area contributed by atoms with E-state index in [9.17, 15) is 4.79 Å². The highest BCUT2D eigenvalue weighted by Crippen LogP contribution is 2.15. The normalized spacial score (nSPS) is 21.5. The summed E-state index contributed by atoms with van der Waals surface area (Å²) in [6.45, 7) is 2.26. The summed E-state index contributed by atoms with van der Waals surface area (Å²) < 4.78 is 0. The van der Waals surface area contributed by atoms with Crippen molar-refractivity contribution in [3.8, 4) is 0 Å². The smallest absolute Gasteiger partial charge is 0.250 e. The van der Waals surface area contributed by atoms with Gasteiger partial charge < -0.3 is 10.3 Å². The third kappa shape index (κ3) is 3.16. The van der Waals surface area contributed by atoms with E-state index in [0.29, 0.717) is 0 Å². The zero-order chi connectivity index (χ0) is 10.5. The molecular weight excluding hydrogens is 190 g/mol. The first-order chi connectivity index (χ1) is 7.34. The summed E-state index contributed by atoms with van der Waals surface area (Å²) in [6, 6.07) is 1.45. The maximum atomic E-state index is 11.0. The molecule has 2 rings (SSSR count). The first-order valence-corrected chi connectivity index (χ1v) is 5.59. The highest BCUT2D eigenvalue weighted by atomic mass is 16.1. The van der Waals surface area contributed by atoms with Crippen LogP contribution in [0.4, 0.5) is 0 Å². The third-order valence-corrected chi connectivity index (χ3v) is 2.91. The molecule has 1 aromatic rings. The Morgan fingerprint density at radius 1 is 1.53 bits per heavy atom. The van der Waals surface area contributed by atoms with E-state index in [0.717, 1.165) is 37.7 Å². The summed E-state index contributed by atoms with van der Waals surface area (Å²) in [5, 5.41) is 3.39. The van der Waals surface area contributed by atoms with E-state index in [1.165, 1.54) is 18.9 Å². The molecule has 2 N–H and O–H groups in total. The van der Waals surface area contributed by atoms with Crippen molar-refractivity contribution >= 4 is 0 Å². The van der Waals surface area contributed by atoms with Crippen LogP contribution in [0, 0.1) is 5.92 Å². The number of piperidine rings is 1. The molecule has 1 fully saturated rings. The van der Waals surface area contributed by atoms with Crippen LogP contribution in [-0.2, 0) is 6.42 Å². The minimum absolute atomic E-state index is 0.0539. The van der Waals surface area contributed by atoms with Gasteiger partial charge in [0.2, 0.25) is 0 Å². The van der Waals surface area contributed by atoms with E-state index >= 15 is 0 Å². The van der Waals surface area contributed by atoms with Crippen molar-refractivity contribution in [3.05, 3.63) is 28.4 Å². The van der Waals surface area contributed by atoms with Gasteiger partial charge in [0.1, 0.15) is 5.82 Å². The summed E-state index contributed by atoms with van der Waals surface area (Å²) in [4.78, 5) is 17.9. The van der Waals surface area contributed by atoms with Crippen molar-refractivity contribution in [3.63, 3.8) is 0 Å². The molecule has 1 saturated heterocycles. The number of aryl methyl sites for hydroxylation is 1. The number of aromatic amines is 1. The van der Waals surface area contributed by atoms with E-state index in [4.69, 9.17) is 0 Å². The van der Waals surface area contributed by atoms with Crippen molar-refractivity contribution in [2.75, 3.05) is 13.1 Å². The Balaban J connectivity index is 1.84. The lowest BCUT2D eigenvalue weighted by Crippen LogP contribution is -2.30. The minimum Gasteiger partial charge on any atom is -0.316 e. The van der Waals surface area contributed by atoms with Crippen LogP contribution in [0.5, 0.6) is 0 Å². The molecule has 1 atom stereocenters. The number of rotatable bonds is 3. The summed E-state index contributed by atoms with van der Waals surface area (Å²) in [5.41, 5.74) is -0.0539. The van der Waals surface area contributed by atoms with Gasteiger partial charge in [-0.2, -0.15) is 0 Å². The monoisotopic (exact) mass is 207 g/mol. The molecule has 0 bridgehead atoms. The van der Waals surface area contributed by atoms with Crippen molar-refractivity contribution in [2.24, 2.45) is 5.92 Å². The topological polar surface area (TPSA) is 57.8 Å². The van der Waals surface area contributed by atoms with E-state index in [-0.39, 0.29) is 5.56 Å². The van der Waals surface area contributed by atoms with Crippen LogP contribution >= 0.6 is 0 Å². The molecule has 4 heteroatoms. The lowest BCUT2D eigenvalue weighted by atomic mass is 9.94. The molecule has 82 valence electrons. The predicted octanol–water partition coefficient (Wildman–Crippen LogP) is 0.702. The fourth-order valence-electron chi connectivity index (χ4n) is 2.05. The highest BCUT2D eigenvalue weighted by Gasteiger charge is 2.12. The average molecular weight is 207 g/mol. The maximum absolute atomic E-state index is 11.0. The van der Waals surface area contributed by atoms with E-state index in [1.54, 1.807) is 6.20 Å². The van der Waals surface area contributed by atoms with Crippen LogP contribution in [0.2, 0.25) is 0 Å². The quantitative estimate of drug-likeness (QED) is 0.767. The Bertz CT molecular complexity index is 355. The molecule has 0 saturated carbocycles. The van der Waals surface area contributed by atoms with E-state index < -0.39 is 0 Å². The molecule has 1 aliphatic rings. The van der Waals surface area contributed by atoms with Gasteiger partial charge in [-0.15, -0.1) is 0 Å². The Kier molecular flexibility index (Phi) is 3.50. The van der Waals surface area contributed by atoms with Crippen LogP contribution in [0.3, 0.4) is 0 Å². The van der Waals surface area contributed by atoms with Gasteiger partial charge in [-0.3, -0.25) is 4.79 Å². The molecule has 0 aliphatic carbocycles.